The lowest BCUT2D eigenvalue weighted by Gasteiger charge is -2.09. The summed E-state index contributed by atoms with van der Waals surface area (Å²) in [5.74, 6) is -0.634. The Morgan fingerprint density at radius 1 is 0.848 bits per heavy atom. The molecule has 3 aromatic carbocycles. The van der Waals surface area contributed by atoms with Crippen molar-refractivity contribution in [1.82, 2.24) is 9.47 Å². The van der Waals surface area contributed by atoms with Gasteiger partial charge in [0.25, 0.3) is 11.8 Å². The molecule has 0 aliphatic carbocycles. The molecule has 0 fully saturated rings. The van der Waals surface area contributed by atoms with E-state index in [1.54, 1.807) is 24.3 Å². The Bertz CT molecular complexity index is 1400. The van der Waals surface area contributed by atoms with Crippen LogP contribution in [0.2, 0.25) is 5.02 Å². The molecule has 0 saturated carbocycles. The number of amides is 2. The molecule has 162 valence electrons. The van der Waals surface area contributed by atoms with Crippen molar-refractivity contribution in [3.05, 3.63) is 105 Å². The van der Waals surface area contributed by atoms with Crippen molar-refractivity contribution in [2.24, 2.45) is 10.2 Å². The first kappa shape index (κ1) is 21.1. The summed E-state index contributed by atoms with van der Waals surface area (Å²) in [6.45, 7) is 0.0522. The normalized spacial score (nSPS) is 13.8. The van der Waals surface area contributed by atoms with Gasteiger partial charge in [-0.1, -0.05) is 54.1 Å². The molecule has 2 heterocycles. The fraction of sp³-hybridized carbons (Fsp3) is 0.0400. The molecule has 0 atom stereocenters. The molecule has 0 radical (unpaired) electrons. The molecular weight excluding hydrogens is 456 g/mol. The number of halogens is 1. The van der Waals surface area contributed by atoms with Gasteiger partial charge in [-0.2, -0.15) is 5.10 Å². The lowest BCUT2D eigenvalue weighted by molar-refractivity contribution is 0.0679. The van der Waals surface area contributed by atoms with Crippen molar-refractivity contribution in [3.8, 4) is 16.9 Å². The van der Waals surface area contributed by atoms with Gasteiger partial charge in [-0.15, -0.1) is 16.4 Å². The highest BCUT2D eigenvalue weighted by atomic mass is 35.5. The summed E-state index contributed by atoms with van der Waals surface area (Å²) in [7, 11) is 0. The van der Waals surface area contributed by atoms with Crippen LogP contribution in [0.1, 0.15) is 20.7 Å². The fourth-order valence-corrected chi connectivity index (χ4v) is 4.63. The van der Waals surface area contributed by atoms with Crippen molar-refractivity contribution in [3.63, 3.8) is 0 Å². The van der Waals surface area contributed by atoms with Crippen LogP contribution in [-0.4, -0.2) is 34.0 Å². The van der Waals surface area contributed by atoms with E-state index >= 15 is 0 Å². The van der Waals surface area contributed by atoms with Gasteiger partial charge in [0.15, 0.2) is 0 Å². The lowest BCUT2D eigenvalue weighted by atomic mass is 10.1. The van der Waals surface area contributed by atoms with E-state index in [1.165, 1.54) is 22.5 Å². The standard InChI is InChI=1S/C25H17ClN4O2S/c26-18-12-10-17(11-13-18)22-16-33-25(30(22)19-6-2-1-3-7-19)28-27-14-15-29-23(31)20-8-4-5-9-21(20)24(29)32/h1-14,16H,15H2/b27-14+,28-25-. The van der Waals surface area contributed by atoms with Crippen molar-refractivity contribution >= 4 is 41.0 Å². The topological polar surface area (TPSA) is 67.0 Å². The highest BCUT2D eigenvalue weighted by Crippen LogP contribution is 2.25. The minimum atomic E-state index is -0.317. The predicted octanol–water partition coefficient (Wildman–Crippen LogP) is 5.04. The Morgan fingerprint density at radius 2 is 1.48 bits per heavy atom. The Kier molecular flexibility index (Phi) is 5.73. The Hall–Kier alpha value is -3.81. The quantitative estimate of drug-likeness (QED) is 0.232. The maximum Gasteiger partial charge on any atom is 0.261 e. The molecule has 8 heteroatoms. The SMILES string of the molecule is O=C1c2ccccc2C(=O)N1C/C=N/N=c1\scc(-c2ccc(Cl)cc2)n1-c1ccccc1. The second-order valence-corrected chi connectivity index (χ2v) is 8.52. The molecule has 33 heavy (non-hydrogen) atoms. The van der Waals surface area contributed by atoms with Crippen LogP contribution in [0.4, 0.5) is 0 Å². The zero-order chi connectivity index (χ0) is 22.8. The average molecular weight is 473 g/mol. The smallest absolute Gasteiger partial charge is 0.261 e. The van der Waals surface area contributed by atoms with Gasteiger partial charge in [-0.3, -0.25) is 19.1 Å². The van der Waals surface area contributed by atoms with Gasteiger partial charge in [0, 0.05) is 22.3 Å². The largest absolute Gasteiger partial charge is 0.284 e. The van der Waals surface area contributed by atoms with Crippen LogP contribution >= 0.6 is 22.9 Å². The second-order valence-electron chi connectivity index (χ2n) is 7.25. The molecule has 6 nitrogen and oxygen atoms in total. The van der Waals surface area contributed by atoms with Gasteiger partial charge in [0.1, 0.15) is 0 Å². The zero-order valence-corrected chi connectivity index (χ0v) is 18.8. The second kappa shape index (κ2) is 8.97. The summed E-state index contributed by atoms with van der Waals surface area (Å²) in [4.78, 5) is 26.8. The maximum atomic E-state index is 12.5. The number of aromatic nitrogens is 1. The third-order valence-electron chi connectivity index (χ3n) is 5.23. The van der Waals surface area contributed by atoms with Gasteiger partial charge in [-0.25, -0.2) is 0 Å². The summed E-state index contributed by atoms with van der Waals surface area (Å²) < 4.78 is 2.01. The van der Waals surface area contributed by atoms with Crippen molar-refractivity contribution in [2.45, 2.75) is 0 Å². The van der Waals surface area contributed by atoms with E-state index in [1.807, 2.05) is 64.5 Å². The van der Waals surface area contributed by atoms with Crippen LogP contribution in [0.15, 0.2) is 94.4 Å². The van der Waals surface area contributed by atoms with E-state index in [0.717, 1.165) is 16.9 Å². The molecule has 0 saturated heterocycles. The van der Waals surface area contributed by atoms with Crippen LogP contribution in [0.5, 0.6) is 0 Å². The lowest BCUT2D eigenvalue weighted by Crippen LogP contribution is -2.31. The third-order valence-corrected chi connectivity index (χ3v) is 6.30. The molecule has 1 aromatic heterocycles. The molecule has 0 bridgehead atoms. The first-order valence-corrected chi connectivity index (χ1v) is 11.4. The highest BCUT2D eigenvalue weighted by molar-refractivity contribution is 7.07. The molecule has 5 rings (SSSR count). The average Bonchev–Trinajstić information content (AvgIpc) is 3.37. The molecule has 0 spiro atoms. The Morgan fingerprint density at radius 3 is 2.15 bits per heavy atom. The van der Waals surface area contributed by atoms with E-state index in [2.05, 4.69) is 10.2 Å². The number of fused-ring (bicyclic) bond motifs is 1. The highest BCUT2D eigenvalue weighted by Gasteiger charge is 2.34. The molecular formula is C25H17ClN4O2S. The van der Waals surface area contributed by atoms with E-state index in [0.29, 0.717) is 21.0 Å². The van der Waals surface area contributed by atoms with Gasteiger partial charge in [-0.05, 0) is 42.0 Å². The van der Waals surface area contributed by atoms with Crippen molar-refractivity contribution in [2.75, 3.05) is 6.54 Å². The Labute approximate surface area is 198 Å². The van der Waals surface area contributed by atoms with Crippen LogP contribution < -0.4 is 4.80 Å². The van der Waals surface area contributed by atoms with Gasteiger partial charge < -0.3 is 0 Å². The van der Waals surface area contributed by atoms with Gasteiger partial charge in [0.05, 0.1) is 23.4 Å². The third kappa shape index (κ3) is 4.04. The molecule has 1 aliphatic rings. The Balaban J connectivity index is 1.45. The van der Waals surface area contributed by atoms with Crippen molar-refractivity contribution in [1.29, 1.82) is 0 Å². The fourth-order valence-electron chi connectivity index (χ4n) is 3.64. The molecule has 0 N–H and O–H groups in total. The number of hydrogen-bond acceptors (Lipinski definition) is 5. The number of nitrogens with zero attached hydrogens (tertiary/aromatic N) is 4. The number of carbonyl (C=O) groups excluding carboxylic acids is 2. The molecule has 0 unspecified atom stereocenters. The number of imide groups is 1. The van der Waals surface area contributed by atoms with E-state index < -0.39 is 0 Å². The summed E-state index contributed by atoms with van der Waals surface area (Å²) >= 11 is 7.50. The van der Waals surface area contributed by atoms with Crippen LogP contribution in [0, 0.1) is 0 Å². The first-order valence-electron chi connectivity index (χ1n) is 10.2. The predicted molar refractivity (Wildman–Crippen MR) is 130 cm³/mol. The van der Waals surface area contributed by atoms with E-state index in [4.69, 9.17) is 11.6 Å². The summed E-state index contributed by atoms with van der Waals surface area (Å²) in [5.41, 5.74) is 3.73. The number of para-hydroxylation sites is 1. The maximum absolute atomic E-state index is 12.5. The number of carbonyl (C=O) groups is 2. The summed E-state index contributed by atoms with van der Waals surface area (Å²) in [5, 5.41) is 11.2. The van der Waals surface area contributed by atoms with E-state index in [9.17, 15) is 9.59 Å². The number of hydrogen-bond donors (Lipinski definition) is 0. The summed E-state index contributed by atoms with van der Waals surface area (Å²) in [6.07, 6.45) is 1.47. The minimum Gasteiger partial charge on any atom is -0.284 e. The van der Waals surface area contributed by atoms with Crippen LogP contribution in [-0.2, 0) is 0 Å². The molecule has 4 aromatic rings. The molecule has 1 aliphatic heterocycles. The monoisotopic (exact) mass is 472 g/mol. The first-order chi connectivity index (χ1) is 16.1. The minimum absolute atomic E-state index is 0.0522. The van der Waals surface area contributed by atoms with E-state index in [-0.39, 0.29) is 18.4 Å². The van der Waals surface area contributed by atoms with Crippen LogP contribution in [0.3, 0.4) is 0 Å². The number of benzene rings is 3. The summed E-state index contributed by atoms with van der Waals surface area (Å²) in [6, 6.07) is 24.3. The number of rotatable bonds is 5. The molecule has 2 amide bonds. The van der Waals surface area contributed by atoms with Gasteiger partial charge >= 0.3 is 0 Å². The zero-order valence-electron chi connectivity index (χ0n) is 17.3. The number of thiazole rings is 1. The van der Waals surface area contributed by atoms with Gasteiger partial charge in [0.2, 0.25) is 4.80 Å². The van der Waals surface area contributed by atoms with Crippen LogP contribution in [0.25, 0.3) is 16.9 Å². The van der Waals surface area contributed by atoms with Crippen molar-refractivity contribution < 1.29 is 9.59 Å².